The van der Waals surface area contributed by atoms with E-state index in [9.17, 15) is 0 Å². The molecule has 0 amide bonds. The molecule has 0 atom stereocenters. The molecule has 6 aromatic rings. The summed E-state index contributed by atoms with van der Waals surface area (Å²) in [6.45, 7) is 6.68. The van der Waals surface area contributed by atoms with Crippen LogP contribution in [0.3, 0.4) is 0 Å². The number of pyridine rings is 1. The van der Waals surface area contributed by atoms with Gasteiger partial charge in [0.15, 0.2) is 0 Å². The molecule has 0 bridgehead atoms. The van der Waals surface area contributed by atoms with E-state index in [0.29, 0.717) is 0 Å². The molecule has 0 spiro atoms. The van der Waals surface area contributed by atoms with E-state index in [1.54, 1.807) is 12.5 Å². The average molecular weight is 538 g/mol. The summed E-state index contributed by atoms with van der Waals surface area (Å²) >= 11 is 0. The van der Waals surface area contributed by atoms with Crippen molar-refractivity contribution in [3.63, 3.8) is 0 Å². The van der Waals surface area contributed by atoms with Crippen molar-refractivity contribution in [3.05, 3.63) is 140 Å². The van der Waals surface area contributed by atoms with Crippen molar-refractivity contribution in [2.75, 3.05) is 0 Å². The molecule has 41 heavy (non-hydrogen) atoms. The number of nitrogens with zero attached hydrogens (tertiary/aromatic N) is 3. The lowest BCUT2D eigenvalue weighted by Crippen LogP contribution is -2.15. The second-order valence-electron chi connectivity index (χ2n) is 10.9. The SMILES string of the molecule is CC(C)(C)c1c(-c2cccc(Oc3ccccc3)c2)ccnc1-c1cccc(Oc2cccc(-n3ccnc3)c2)c1. The first-order chi connectivity index (χ1) is 19.9. The fraction of sp³-hybridized carbons (Fsp3) is 0.111. The van der Waals surface area contributed by atoms with Gasteiger partial charge in [0.25, 0.3) is 0 Å². The molecule has 0 fully saturated rings. The van der Waals surface area contributed by atoms with Crippen LogP contribution in [-0.2, 0) is 5.41 Å². The van der Waals surface area contributed by atoms with Crippen LogP contribution < -0.4 is 9.47 Å². The van der Waals surface area contributed by atoms with Crippen LogP contribution >= 0.6 is 0 Å². The quantitative estimate of drug-likeness (QED) is 0.203. The van der Waals surface area contributed by atoms with Crippen molar-refractivity contribution >= 4 is 0 Å². The van der Waals surface area contributed by atoms with Crippen LogP contribution in [0.5, 0.6) is 23.0 Å². The van der Waals surface area contributed by atoms with Gasteiger partial charge >= 0.3 is 0 Å². The Hall–Kier alpha value is -5.16. The Bertz CT molecular complexity index is 1770. The van der Waals surface area contributed by atoms with Crippen LogP contribution in [0.15, 0.2) is 134 Å². The van der Waals surface area contributed by atoms with Crippen LogP contribution in [0.25, 0.3) is 28.1 Å². The minimum absolute atomic E-state index is 0.175. The van der Waals surface area contributed by atoms with E-state index in [0.717, 1.165) is 56.6 Å². The van der Waals surface area contributed by atoms with Crippen LogP contribution in [0.4, 0.5) is 0 Å². The fourth-order valence-electron chi connectivity index (χ4n) is 4.99. The smallest absolute Gasteiger partial charge is 0.129 e. The number of imidazole rings is 1. The number of aromatic nitrogens is 3. The molecule has 0 unspecified atom stereocenters. The van der Waals surface area contributed by atoms with E-state index in [1.807, 2.05) is 95.8 Å². The number of benzene rings is 4. The minimum Gasteiger partial charge on any atom is -0.457 e. The predicted molar refractivity (Wildman–Crippen MR) is 164 cm³/mol. The summed E-state index contributed by atoms with van der Waals surface area (Å²) in [5.74, 6) is 3.10. The molecule has 0 radical (unpaired) electrons. The maximum atomic E-state index is 6.31. The molecule has 0 N–H and O–H groups in total. The zero-order chi connectivity index (χ0) is 28.2. The van der Waals surface area contributed by atoms with Gasteiger partial charge in [-0.15, -0.1) is 0 Å². The summed E-state index contributed by atoms with van der Waals surface area (Å²) in [5, 5.41) is 0. The lowest BCUT2D eigenvalue weighted by Gasteiger charge is -2.26. The molecule has 6 rings (SSSR count). The molecular formula is C36H31N3O2. The van der Waals surface area contributed by atoms with Gasteiger partial charge in [0, 0.05) is 30.2 Å². The molecule has 0 saturated carbocycles. The molecular weight excluding hydrogens is 506 g/mol. The van der Waals surface area contributed by atoms with E-state index in [2.05, 4.69) is 56.1 Å². The van der Waals surface area contributed by atoms with Gasteiger partial charge in [0.05, 0.1) is 17.7 Å². The summed E-state index contributed by atoms with van der Waals surface area (Å²) in [6.07, 6.45) is 7.33. The highest BCUT2D eigenvalue weighted by atomic mass is 16.5. The summed E-state index contributed by atoms with van der Waals surface area (Å²) < 4.78 is 14.4. The highest BCUT2D eigenvalue weighted by Gasteiger charge is 2.25. The van der Waals surface area contributed by atoms with Crippen LogP contribution in [-0.4, -0.2) is 14.5 Å². The average Bonchev–Trinajstić information content (AvgIpc) is 3.53. The molecule has 2 aromatic heterocycles. The Morgan fingerprint density at radius 1 is 0.610 bits per heavy atom. The highest BCUT2D eigenvalue weighted by Crippen LogP contribution is 2.41. The van der Waals surface area contributed by atoms with Gasteiger partial charge < -0.3 is 14.0 Å². The molecule has 202 valence electrons. The zero-order valence-corrected chi connectivity index (χ0v) is 23.4. The normalized spacial score (nSPS) is 11.3. The third-order valence-corrected chi connectivity index (χ3v) is 6.79. The van der Waals surface area contributed by atoms with Crippen LogP contribution in [0.1, 0.15) is 26.3 Å². The lowest BCUT2D eigenvalue weighted by molar-refractivity contribution is 0.482. The fourth-order valence-corrected chi connectivity index (χ4v) is 4.99. The molecule has 0 saturated heterocycles. The summed E-state index contributed by atoms with van der Waals surface area (Å²) in [5.41, 5.74) is 6.11. The molecule has 5 heteroatoms. The Balaban J connectivity index is 1.36. The Morgan fingerprint density at radius 2 is 1.24 bits per heavy atom. The highest BCUT2D eigenvalue weighted by molar-refractivity contribution is 5.78. The van der Waals surface area contributed by atoms with Gasteiger partial charge in [-0.25, -0.2) is 4.98 Å². The van der Waals surface area contributed by atoms with Crippen LogP contribution in [0.2, 0.25) is 0 Å². The number of rotatable bonds is 7. The van der Waals surface area contributed by atoms with Crippen molar-refractivity contribution in [3.8, 4) is 51.1 Å². The van der Waals surface area contributed by atoms with E-state index in [1.165, 1.54) is 0 Å². The second-order valence-corrected chi connectivity index (χ2v) is 10.9. The molecule has 4 aromatic carbocycles. The van der Waals surface area contributed by atoms with E-state index >= 15 is 0 Å². The first-order valence-corrected chi connectivity index (χ1v) is 13.6. The van der Waals surface area contributed by atoms with Gasteiger partial charge in [-0.3, -0.25) is 4.98 Å². The summed E-state index contributed by atoms with van der Waals surface area (Å²) in [6, 6.07) is 36.3. The third kappa shape index (κ3) is 5.89. The van der Waals surface area contributed by atoms with Crippen molar-refractivity contribution in [2.45, 2.75) is 26.2 Å². The molecule has 0 aliphatic carbocycles. The third-order valence-electron chi connectivity index (χ3n) is 6.79. The lowest BCUT2D eigenvalue weighted by atomic mass is 9.79. The van der Waals surface area contributed by atoms with Gasteiger partial charge in [0.2, 0.25) is 0 Å². The van der Waals surface area contributed by atoms with Crippen molar-refractivity contribution in [1.29, 1.82) is 0 Å². The summed E-state index contributed by atoms with van der Waals surface area (Å²) in [7, 11) is 0. The Kier molecular flexibility index (Phi) is 7.09. The van der Waals surface area contributed by atoms with Crippen molar-refractivity contribution in [1.82, 2.24) is 14.5 Å². The second kappa shape index (κ2) is 11.1. The first kappa shape index (κ1) is 26.1. The summed E-state index contributed by atoms with van der Waals surface area (Å²) in [4.78, 5) is 9.04. The number of para-hydroxylation sites is 1. The number of ether oxygens (including phenoxy) is 2. The van der Waals surface area contributed by atoms with Gasteiger partial charge in [0.1, 0.15) is 23.0 Å². The topological polar surface area (TPSA) is 49.2 Å². The monoisotopic (exact) mass is 537 g/mol. The van der Waals surface area contributed by atoms with Gasteiger partial charge in [-0.2, -0.15) is 0 Å². The number of hydrogen-bond acceptors (Lipinski definition) is 4. The Morgan fingerprint density at radius 3 is 1.95 bits per heavy atom. The standard InChI is InChI=1S/C36H31N3O2/c1-36(2,3)34-33(26-10-7-15-30(22-26)40-29-13-5-4-6-14-29)18-19-38-35(34)27-11-8-16-31(23-27)41-32-17-9-12-28(24-32)39-21-20-37-25-39/h4-25H,1-3H3. The molecule has 5 nitrogen and oxygen atoms in total. The maximum absolute atomic E-state index is 6.31. The molecule has 0 aliphatic heterocycles. The molecule has 2 heterocycles. The van der Waals surface area contributed by atoms with Crippen molar-refractivity contribution in [2.24, 2.45) is 0 Å². The van der Waals surface area contributed by atoms with E-state index < -0.39 is 0 Å². The Labute approximate surface area is 240 Å². The maximum Gasteiger partial charge on any atom is 0.129 e. The molecule has 0 aliphatic rings. The number of hydrogen-bond donors (Lipinski definition) is 0. The van der Waals surface area contributed by atoms with Gasteiger partial charge in [-0.05, 0) is 76.7 Å². The van der Waals surface area contributed by atoms with E-state index in [-0.39, 0.29) is 5.41 Å². The van der Waals surface area contributed by atoms with Gasteiger partial charge in [-0.1, -0.05) is 69.3 Å². The van der Waals surface area contributed by atoms with E-state index in [4.69, 9.17) is 14.5 Å². The zero-order valence-electron chi connectivity index (χ0n) is 23.4. The predicted octanol–water partition coefficient (Wildman–Crippen LogP) is 9.48. The van der Waals surface area contributed by atoms with Crippen LogP contribution in [0, 0.1) is 0 Å². The minimum atomic E-state index is -0.175. The largest absolute Gasteiger partial charge is 0.457 e. The first-order valence-electron chi connectivity index (χ1n) is 13.6. The van der Waals surface area contributed by atoms with Crippen molar-refractivity contribution < 1.29 is 9.47 Å².